The lowest BCUT2D eigenvalue weighted by molar-refractivity contribution is -0.154. The molecule has 20 heteroatoms. The Morgan fingerprint density at radius 2 is 1.72 bits per heavy atom. The van der Waals surface area contributed by atoms with Crippen LogP contribution >= 0.6 is 11.3 Å². The molecule has 1 aliphatic carbocycles. The maximum Gasteiger partial charge on any atom is 0.408 e. The molecule has 2 amide bonds. The van der Waals surface area contributed by atoms with Crippen LogP contribution in [0.3, 0.4) is 0 Å². The minimum absolute atomic E-state index is 0.0496. The number of carbonyl (C=O) groups is 2. The fourth-order valence-electron chi connectivity index (χ4n) is 4.92. The Kier molecular flexibility index (Phi) is 13.8. The van der Waals surface area contributed by atoms with E-state index in [0.717, 1.165) is 16.4 Å². The van der Waals surface area contributed by atoms with Crippen molar-refractivity contribution >= 4 is 28.8 Å². The lowest BCUT2D eigenvalue weighted by Crippen LogP contribution is -2.38. The zero-order valence-corrected chi connectivity index (χ0v) is 28.8. The van der Waals surface area contributed by atoms with Gasteiger partial charge < -0.3 is 10.6 Å². The molecule has 2 fully saturated rings. The van der Waals surface area contributed by atoms with Gasteiger partial charge in [0.1, 0.15) is 16.1 Å². The number of aromatic nitrogens is 7. The summed E-state index contributed by atoms with van der Waals surface area (Å²) >= 11 is 1.62. The van der Waals surface area contributed by atoms with Gasteiger partial charge in [-0.2, -0.15) is 27.1 Å². The van der Waals surface area contributed by atoms with E-state index < -0.39 is 53.2 Å². The lowest BCUT2D eigenvalue weighted by Gasteiger charge is -2.20. The van der Waals surface area contributed by atoms with E-state index in [1.54, 1.807) is 17.4 Å². The number of nitrogens with zero attached hydrogens (tertiary/aromatic N) is 7. The molecule has 1 saturated carbocycles. The molecule has 0 spiro atoms. The van der Waals surface area contributed by atoms with Crippen LogP contribution in [0.25, 0.3) is 5.65 Å². The minimum Gasteiger partial charge on any atom is -0.345 e. The Morgan fingerprint density at radius 1 is 1.08 bits per heavy atom. The second-order valence-corrected chi connectivity index (χ2v) is 12.8. The number of nitrogens with one attached hydrogen (secondary N) is 2. The van der Waals surface area contributed by atoms with Gasteiger partial charge in [-0.15, -0.1) is 21.5 Å². The zero-order valence-electron chi connectivity index (χ0n) is 28.0. The van der Waals surface area contributed by atoms with Gasteiger partial charge in [0.15, 0.2) is 11.3 Å². The molecule has 4 aromatic heterocycles. The largest absolute Gasteiger partial charge is 0.408 e. The predicted molar refractivity (Wildman–Crippen MR) is 167 cm³/mol. The highest BCUT2D eigenvalue weighted by Crippen LogP contribution is 2.33. The van der Waals surface area contributed by atoms with E-state index in [0.29, 0.717) is 36.7 Å². The normalized spacial score (nSPS) is 18.5. The summed E-state index contributed by atoms with van der Waals surface area (Å²) in [6.45, 7) is 8.29. The van der Waals surface area contributed by atoms with Gasteiger partial charge in [0.25, 0.3) is 11.8 Å². The third kappa shape index (κ3) is 11.7. The van der Waals surface area contributed by atoms with E-state index in [2.05, 4.69) is 40.5 Å². The fraction of sp³-hybridized carbons (Fsp3) is 0.600. The van der Waals surface area contributed by atoms with Gasteiger partial charge in [-0.05, 0) is 61.5 Å². The van der Waals surface area contributed by atoms with Crippen LogP contribution in [-0.4, -0.2) is 65.1 Å². The molecule has 2 atom stereocenters. The van der Waals surface area contributed by atoms with Crippen LogP contribution in [-0.2, 0) is 23.7 Å². The molecule has 50 heavy (non-hydrogen) atoms. The van der Waals surface area contributed by atoms with Crippen LogP contribution in [0, 0.1) is 19.8 Å². The molecule has 0 aromatic carbocycles. The van der Waals surface area contributed by atoms with Crippen molar-refractivity contribution < 1.29 is 45.0 Å². The molecule has 2 aliphatic rings. The molecule has 1 aliphatic heterocycles. The SMILES string of the molecule is CC.CC(F)(F)c1nonc1C(=O)NCc1cn2ncc(CC3CC(C(F)(F)F)NC3=O)cc2n1.Cc1nnc(C)s1.FC1(F)CCCCC1. The molecule has 1 saturated heterocycles. The number of alkyl halides is 7. The summed E-state index contributed by atoms with van der Waals surface area (Å²) in [6.07, 6.45) is 0.711. The molecule has 0 bridgehead atoms. The summed E-state index contributed by atoms with van der Waals surface area (Å²) in [5.74, 6) is -8.21. The van der Waals surface area contributed by atoms with Crippen molar-refractivity contribution in [3.05, 3.63) is 51.1 Å². The maximum atomic E-state index is 13.5. The van der Waals surface area contributed by atoms with Crippen molar-refractivity contribution in [1.29, 1.82) is 0 Å². The molecule has 5 heterocycles. The third-order valence-electron chi connectivity index (χ3n) is 7.27. The number of hydrogen-bond acceptors (Lipinski definition) is 10. The first-order valence-corrected chi connectivity index (χ1v) is 16.6. The summed E-state index contributed by atoms with van der Waals surface area (Å²) in [7, 11) is 0. The van der Waals surface area contributed by atoms with Gasteiger partial charge in [-0.25, -0.2) is 22.9 Å². The summed E-state index contributed by atoms with van der Waals surface area (Å²) in [6, 6.07) is -0.314. The van der Waals surface area contributed by atoms with Gasteiger partial charge in [0, 0.05) is 25.7 Å². The molecule has 2 unspecified atom stereocenters. The van der Waals surface area contributed by atoms with Crippen LogP contribution in [0.1, 0.15) is 96.8 Å². The van der Waals surface area contributed by atoms with Crippen LogP contribution in [0.5, 0.6) is 0 Å². The van der Waals surface area contributed by atoms with Gasteiger partial charge in [-0.1, -0.05) is 20.3 Å². The molecule has 12 nitrogen and oxygen atoms in total. The quantitative estimate of drug-likeness (QED) is 0.210. The highest BCUT2D eigenvalue weighted by atomic mass is 32.1. The van der Waals surface area contributed by atoms with Gasteiger partial charge >= 0.3 is 6.18 Å². The lowest BCUT2D eigenvalue weighted by atomic mass is 9.97. The Morgan fingerprint density at radius 3 is 2.22 bits per heavy atom. The third-order valence-corrected chi connectivity index (χ3v) is 8.03. The summed E-state index contributed by atoms with van der Waals surface area (Å²) < 4.78 is 95.4. The smallest absolute Gasteiger partial charge is 0.345 e. The van der Waals surface area contributed by atoms with E-state index in [-0.39, 0.29) is 32.2 Å². The number of aryl methyl sites for hydroxylation is 2. The Hall–Kier alpha value is -4.23. The van der Waals surface area contributed by atoms with Gasteiger partial charge in [-0.3, -0.25) is 9.59 Å². The average Bonchev–Trinajstić information content (AvgIpc) is 3.84. The molecule has 2 N–H and O–H groups in total. The van der Waals surface area contributed by atoms with Crippen LogP contribution in [0.15, 0.2) is 23.1 Å². The number of fused-ring (bicyclic) bond motifs is 1. The van der Waals surface area contributed by atoms with E-state index in [1.165, 1.54) is 16.9 Å². The number of amides is 2. The minimum atomic E-state index is -4.51. The van der Waals surface area contributed by atoms with Crippen molar-refractivity contribution in [3.63, 3.8) is 0 Å². The fourth-order valence-corrected chi connectivity index (χ4v) is 5.51. The Balaban J connectivity index is 0.000000324. The second-order valence-electron chi connectivity index (χ2n) is 11.4. The number of rotatable bonds is 6. The van der Waals surface area contributed by atoms with Crippen molar-refractivity contribution in [1.82, 2.24) is 45.7 Å². The van der Waals surface area contributed by atoms with Gasteiger partial charge in [0.05, 0.1) is 24.6 Å². The van der Waals surface area contributed by atoms with Gasteiger partial charge in [0.2, 0.25) is 17.5 Å². The monoisotopic (exact) mass is 737 g/mol. The first-order valence-electron chi connectivity index (χ1n) is 15.7. The number of carbonyl (C=O) groups excluding carboxylic acids is 2. The number of imidazole rings is 1. The highest BCUT2D eigenvalue weighted by Gasteiger charge is 2.47. The second kappa shape index (κ2) is 17.1. The summed E-state index contributed by atoms with van der Waals surface area (Å²) in [4.78, 5) is 28.3. The highest BCUT2D eigenvalue weighted by molar-refractivity contribution is 7.11. The first kappa shape index (κ1) is 40.2. The van der Waals surface area contributed by atoms with E-state index >= 15 is 0 Å². The van der Waals surface area contributed by atoms with Crippen molar-refractivity contribution in [3.8, 4) is 0 Å². The molecular formula is C30H38F7N9O3S. The zero-order chi connectivity index (χ0) is 37.3. The van der Waals surface area contributed by atoms with E-state index in [9.17, 15) is 40.3 Å². The summed E-state index contributed by atoms with van der Waals surface area (Å²) in [5.41, 5.74) is -0.393. The maximum absolute atomic E-state index is 13.5. The summed E-state index contributed by atoms with van der Waals surface area (Å²) in [5, 5.41) is 24.3. The number of halogens is 7. The molecular weight excluding hydrogens is 699 g/mol. The van der Waals surface area contributed by atoms with E-state index in [1.807, 2.05) is 33.0 Å². The Labute approximate surface area is 286 Å². The van der Waals surface area contributed by atoms with E-state index in [4.69, 9.17) is 0 Å². The molecule has 276 valence electrons. The average molecular weight is 738 g/mol. The Bertz CT molecular complexity index is 1680. The molecule has 4 aromatic rings. The number of hydrogen-bond donors (Lipinski definition) is 2. The molecule has 0 radical (unpaired) electrons. The van der Waals surface area contributed by atoms with Crippen molar-refractivity contribution in [2.24, 2.45) is 5.92 Å². The standard InChI is InChI=1S/C18H16F5N7O3.C6H10F2.C4H6N2S.C2H6/c1-17(19,20)14-13(28-33-29-14)16(32)24-6-10-7-30-12(26-10)3-8(5-25-30)2-9-4-11(18(21,22)23)27-15(9)31;7-6(8)4-2-1-3-5-6;1-3-5-6-4(2)7-3;1-2/h3,5,7,9,11H,2,4,6H2,1H3,(H,24,32)(H,27,31);1-5H2;1-2H3;1-2H3. The molecule has 6 rings (SSSR count). The predicted octanol–water partition coefficient (Wildman–Crippen LogP) is 6.53. The van der Waals surface area contributed by atoms with Crippen molar-refractivity contribution in [2.45, 2.75) is 110 Å². The van der Waals surface area contributed by atoms with Crippen LogP contribution < -0.4 is 10.6 Å². The first-order chi connectivity index (χ1) is 23.4. The topological polar surface area (TPSA) is 153 Å². The van der Waals surface area contributed by atoms with Crippen LogP contribution in [0.4, 0.5) is 30.7 Å². The van der Waals surface area contributed by atoms with Crippen molar-refractivity contribution in [2.75, 3.05) is 0 Å². The van der Waals surface area contributed by atoms with Crippen LogP contribution in [0.2, 0.25) is 0 Å².